The Hall–Kier alpha value is -1.36. The van der Waals surface area contributed by atoms with Crippen LogP contribution in [0.25, 0.3) is 0 Å². The van der Waals surface area contributed by atoms with E-state index < -0.39 is 11.4 Å². The van der Waals surface area contributed by atoms with Crippen molar-refractivity contribution in [3.8, 4) is 0 Å². The second kappa shape index (κ2) is 4.72. The van der Waals surface area contributed by atoms with E-state index in [2.05, 4.69) is 5.32 Å². The van der Waals surface area contributed by atoms with Crippen LogP contribution in [0.2, 0.25) is 0 Å². The molecule has 98 valence electrons. The minimum absolute atomic E-state index is 0.163. The molecular formula is C13H17NO3S. The molecule has 1 aliphatic carbocycles. The molecule has 0 aromatic carbocycles. The summed E-state index contributed by atoms with van der Waals surface area (Å²) in [5.74, 6) is -0.962. The lowest BCUT2D eigenvalue weighted by Gasteiger charge is -2.37. The van der Waals surface area contributed by atoms with Crippen molar-refractivity contribution in [3.05, 3.63) is 21.4 Å². The quantitative estimate of drug-likeness (QED) is 0.880. The van der Waals surface area contributed by atoms with Crippen molar-refractivity contribution < 1.29 is 14.7 Å². The molecule has 18 heavy (non-hydrogen) atoms. The molecule has 0 saturated heterocycles. The number of carboxylic acid groups (broad SMARTS) is 1. The SMILES string of the molecule is Cc1cc(C(=O)NCC2(C(=O)O)CCC2)sc1C. The van der Waals surface area contributed by atoms with Crippen LogP contribution in [-0.4, -0.2) is 23.5 Å². The summed E-state index contributed by atoms with van der Waals surface area (Å²) < 4.78 is 0. The van der Waals surface area contributed by atoms with Crippen LogP contribution in [0, 0.1) is 19.3 Å². The number of thiophene rings is 1. The Labute approximate surface area is 110 Å². The highest BCUT2D eigenvalue weighted by Gasteiger charge is 2.44. The van der Waals surface area contributed by atoms with Crippen LogP contribution in [0.15, 0.2) is 6.07 Å². The van der Waals surface area contributed by atoms with Gasteiger partial charge in [0.05, 0.1) is 10.3 Å². The van der Waals surface area contributed by atoms with Gasteiger partial charge in [0.1, 0.15) is 0 Å². The molecule has 0 radical (unpaired) electrons. The van der Waals surface area contributed by atoms with Crippen molar-refractivity contribution in [3.63, 3.8) is 0 Å². The molecule has 0 unspecified atom stereocenters. The molecule has 1 fully saturated rings. The zero-order valence-electron chi connectivity index (χ0n) is 10.6. The largest absolute Gasteiger partial charge is 0.481 e. The van der Waals surface area contributed by atoms with Crippen LogP contribution in [0.4, 0.5) is 0 Å². The van der Waals surface area contributed by atoms with Gasteiger partial charge in [0.2, 0.25) is 0 Å². The van der Waals surface area contributed by atoms with Gasteiger partial charge in [-0.05, 0) is 38.3 Å². The van der Waals surface area contributed by atoms with Gasteiger partial charge in [-0.2, -0.15) is 0 Å². The molecule has 0 bridgehead atoms. The average molecular weight is 267 g/mol. The number of hydrogen-bond donors (Lipinski definition) is 2. The third-order valence-corrected chi connectivity index (χ3v) is 4.89. The molecule has 0 aliphatic heterocycles. The minimum Gasteiger partial charge on any atom is -0.481 e. The van der Waals surface area contributed by atoms with Gasteiger partial charge in [-0.25, -0.2) is 0 Å². The number of nitrogens with one attached hydrogen (secondary N) is 1. The Morgan fingerprint density at radius 1 is 1.44 bits per heavy atom. The normalized spacial score (nSPS) is 17.0. The fourth-order valence-electron chi connectivity index (χ4n) is 2.09. The van der Waals surface area contributed by atoms with E-state index in [0.717, 1.165) is 16.9 Å². The highest BCUT2D eigenvalue weighted by atomic mass is 32.1. The maximum Gasteiger partial charge on any atom is 0.311 e. The standard InChI is InChI=1S/C13H17NO3S/c1-8-6-10(18-9(8)2)11(15)14-7-13(12(16)17)4-3-5-13/h6H,3-5,7H2,1-2H3,(H,14,15)(H,16,17). The van der Waals surface area contributed by atoms with Crippen LogP contribution < -0.4 is 5.32 Å². The van der Waals surface area contributed by atoms with Crippen LogP contribution in [0.1, 0.15) is 39.4 Å². The van der Waals surface area contributed by atoms with Crippen LogP contribution >= 0.6 is 11.3 Å². The van der Waals surface area contributed by atoms with E-state index in [9.17, 15) is 9.59 Å². The topological polar surface area (TPSA) is 66.4 Å². The average Bonchev–Trinajstić information content (AvgIpc) is 2.57. The van der Waals surface area contributed by atoms with E-state index in [4.69, 9.17) is 5.11 Å². The summed E-state index contributed by atoms with van der Waals surface area (Å²) in [4.78, 5) is 24.9. The Kier molecular flexibility index (Phi) is 3.43. The number of carboxylic acids is 1. The van der Waals surface area contributed by atoms with Crippen molar-refractivity contribution in [1.82, 2.24) is 5.32 Å². The van der Waals surface area contributed by atoms with Gasteiger partial charge < -0.3 is 10.4 Å². The summed E-state index contributed by atoms with van der Waals surface area (Å²) in [5, 5.41) is 11.9. The number of amides is 1. The monoisotopic (exact) mass is 267 g/mol. The molecule has 2 rings (SSSR count). The van der Waals surface area contributed by atoms with Crippen LogP contribution in [-0.2, 0) is 4.79 Å². The zero-order valence-corrected chi connectivity index (χ0v) is 11.4. The summed E-state index contributed by atoms with van der Waals surface area (Å²) in [7, 11) is 0. The van der Waals surface area contributed by atoms with Crippen molar-refractivity contribution >= 4 is 23.2 Å². The fraction of sp³-hybridized carbons (Fsp3) is 0.538. The maximum absolute atomic E-state index is 11.9. The molecule has 0 spiro atoms. The summed E-state index contributed by atoms with van der Waals surface area (Å²) >= 11 is 1.45. The van der Waals surface area contributed by atoms with E-state index in [-0.39, 0.29) is 12.5 Å². The number of rotatable bonds is 4. The van der Waals surface area contributed by atoms with Crippen molar-refractivity contribution in [2.75, 3.05) is 6.54 Å². The van der Waals surface area contributed by atoms with Crippen molar-refractivity contribution in [1.29, 1.82) is 0 Å². The second-order valence-corrected chi connectivity index (χ2v) is 6.23. The van der Waals surface area contributed by atoms with E-state index in [1.807, 2.05) is 19.9 Å². The van der Waals surface area contributed by atoms with Gasteiger partial charge >= 0.3 is 5.97 Å². The lowest BCUT2D eigenvalue weighted by molar-refractivity contribution is -0.153. The molecule has 1 heterocycles. The van der Waals surface area contributed by atoms with Gasteiger partial charge in [-0.3, -0.25) is 9.59 Å². The number of carbonyl (C=O) groups is 2. The Morgan fingerprint density at radius 2 is 2.11 bits per heavy atom. The lowest BCUT2D eigenvalue weighted by Crippen LogP contribution is -2.47. The summed E-state index contributed by atoms with van der Waals surface area (Å²) in [6.07, 6.45) is 2.25. The third-order valence-electron chi connectivity index (χ3n) is 3.74. The summed E-state index contributed by atoms with van der Waals surface area (Å²) in [6, 6.07) is 1.85. The van der Waals surface area contributed by atoms with Crippen LogP contribution in [0.5, 0.6) is 0 Å². The highest BCUT2D eigenvalue weighted by molar-refractivity contribution is 7.14. The van der Waals surface area contributed by atoms with E-state index >= 15 is 0 Å². The summed E-state index contributed by atoms with van der Waals surface area (Å²) in [5.41, 5.74) is 0.374. The highest BCUT2D eigenvalue weighted by Crippen LogP contribution is 2.40. The number of aryl methyl sites for hydroxylation is 2. The molecule has 1 amide bonds. The molecule has 1 aliphatic rings. The first-order chi connectivity index (χ1) is 8.44. The molecule has 2 N–H and O–H groups in total. The first-order valence-corrected chi connectivity index (χ1v) is 6.85. The Morgan fingerprint density at radius 3 is 2.50 bits per heavy atom. The smallest absolute Gasteiger partial charge is 0.311 e. The van der Waals surface area contributed by atoms with Gasteiger partial charge in [-0.1, -0.05) is 6.42 Å². The zero-order chi connectivity index (χ0) is 13.3. The molecule has 4 nitrogen and oxygen atoms in total. The minimum atomic E-state index is -0.799. The van der Waals surface area contributed by atoms with Crippen molar-refractivity contribution in [2.24, 2.45) is 5.41 Å². The summed E-state index contributed by atoms with van der Waals surface area (Å²) in [6.45, 7) is 4.17. The second-order valence-electron chi connectivity index (χ2n) is 4.97. The van der Waals surface area contributed by atoms with Crippen LogP contribution in [0.3, 0.4) is 0 Å². The third kappa shape index (κ3) is 2.27. The first-order valence-electron chi connectivity index (χ1n) is 6.03. The number of hydrogen-bond acceptors (Lipinski definition) is 3. The molecule has 1 saturated carbocycles. The first kappa shape index (κ1) is 13.1. The Bertz CT molecular complexity index is 469. The van der Waals surface area contributed by atoms with E-state index in [1.165, 1.54) is 11.3 Å². The van der Waals surface area contributed by atoms with Gasteiger partial charge in [0.25, 0.3) is 5.91 Å². The van der Waals surface area contributed by atoms with Gasteiger partial charge in [0, 0.05) is 11.4 Å². The maximum atomic E-state index is 11.9. The number of carbonyl (C=O) groups excluding carboxylic acids is 1. The molecule has 1 aromatic heterocycles. The predicted octanol–water partition coefficient (Wildman–Crippen LogP) is 2.35. The molecule has 1 aromatic rings. The molecular weight excluding hydrogens is 250 g/mol. The molecule has 5 heteroatoms. The fourth-order valence-corrected chi connectivity index (χ4v) is 3.04. The lowest BCUT2D eigenvalue weighted by atomic mass is 9.69. The Balaban J connectivity index is 1.98. The van der Waals surface area contributed by atoms with Gasteiger partial charge in [-0.15, -0.1) is 11.3 Å². The van der Waals surface area contributed by atoms with E-state index in [1.54, 1.807) is 0 Å². The van der Waals surface area contributed by atoms with Gasteiger partial charge in [0.15, 0.2) is 0 Å². The van der Waals surface area contributed by atoms with Crippen molar-refractivity contribution in [2.45, 2.75) is 33.1 Å². The van der Waals surface area contributed by atoms with E-state index in [0.29, 0.717) is 17.7 Å². The predicted molar refractivity (Wildman–Crippen MR) is 70.0 cm³/mol. The number of aliphatic carboxylic acids is 1. The molecule has 0 atom stereocenters.